The summed E-state index contributed by atoms with van der Waals surface area (Å²) in [6, 6.07) is 17.5. The van der Waals surface area contributed by atoms with Gasteiger partial charge >= 0.3 is 0 Å². The van der Waals surface area contributed by atoms with Gasteiger partial charge in [-0.25, -0.2) is 0 Å². The fourth-order valence-electron chi connectivity index (χ4n) is 2.07. The van der Waals surface area contributed by atoms with Crippen LogP contribution in [0.4, 0.5) is 0 Å². The van der Waals surface area contributed by atoms with Crippen LogP contribution in [0.15, 0.2) is 65.1 Å². The molecule has 0 spiro atoms. The van der Waals surface area contributed by atoms with Gasteiger partial charge in [0.2, 0.25) is 5.91 Å². The number of rotatable bonds is 6. The lowest BCUT2D eigenvalue weighted by atomic mass is 10.2. The van der Waals surface area contributed by atoms with E-state index in [0.717, 1.165) is 15.6 Å². The van der Waals surface area contributed by atoms with Crippen LogP contribution in [-0.2, 0) is 11.3 Å². The van der Waals surface area contributed by atoms with Crippen LogP contribution in [0.2, 0.25) is 0 Å². The van der Waals surface area contributed by atoms with Gasteiger partial charge in [0, 0.05) is 23.6 Å². The van der Waals surface area contributed by atoms with Crippen LogP contribution in [0.3, 0.4) is 0 Å². The predicted octanol–water partition coefficient (Wildman–Crippen LogP) is 3.48. The molecule has 0 bridgehead atoms. The molecule has 3 nitrogen and oxygen atoms in total. The van der Waals surface area contributed by atoms with Gasteiger partial charge in [-0.2, -0.15) is 0 Å². The van der Waals surface area contributed by atoms with Gasteiger partial charge in [0.1, 0.15) is 0 Å². The number of benzene rings is 2. The second-order valence-electron chi connectivity index (χ2n) is 4.82. The van der Waals surface area contributed by atoms with Crippen LogP contribution < -0.4 is 0 Å². The topological polar surface area (TPSA) is 40.5 Å². The lowest BCUT2D eigenvalue weighted by Gasteiger charge is -2.20. The molecule has 0 aliphatic heterocycles. The second kappa shape index (κ2) is 8.51. The van der Waals surface area contributed by atoms with E-state index in [-0.39, 0.29) is 12.5 Å². The van der Waals surface area contributed by atoms with E-state index >= 15 is 0 Å². The molecule has 0 unspecified atom stereocenters. The maximum Gasteiger partial charge on any atom is 0.246 e. The van der Waals surface area contributed by atoms with Crippen molar-refractivity contribution in [1.29, 1.82) is 0 Å². The molecule has 2 rings (SSSR count). The Morgan fingerprint density at radius 1 is 1.09 bits per heavy atom. The summed E-state index contributed by atoms with van der Waals surface area (Å²) in [6.07, 6.45) is 3.32. The molecule has 0 atom stereocenters. The minimum Gasteiger partial charge on any atom is -0.395 e. The van der Waals surface area contributed by atoms with Crippen molar-refractivity contribution in [3.8, 4) is 0 Å². The highest BCUT2D eigenvalue weighted by Gasteiger charge is 2.10. The molecule has 1 amide bonds. The van der Waals surface area contributed by atoms with Crippen molar-refractivity contribution < 1.29 is 9.90 Å². The zero-order valence-electron chi connectivity index (χ0n) is 12.2. The predicted molar refractivity (Wildman–Crippen MR) is 92.1 cm³/mol. The second-order valence-corrected chi connectivity index (χ2v) is 5.68. The van der Waals surface area contributed by atoms with Gasteiger partial charge in [-0.15, -0.1) is 0 Å². The highest BCUT2D eigenvalue weighted by atomic mass is 79.9. The summed E-state index contributed by atoms with van der Waals surface area (Å²) >= 11 is 3.45. The lowest BCUT2D eigenvalue weighted by molar-refractivity contribution is -0.127. The molecule has 0 radical (unpaired) electrons. The Balaban J connectivity index is 2.08. The summed E-state index contributed by atoms with van der Waals surface area (Å²) in [4.78, 5) is 14.0. The Hall–Kier alpha value is -1.91. The number of aliphatic hydroxyl groups is 1. The molecule has 114 valence electrons. The SMILES string of the molecule is O=C(/C=C/c1ccccc1Br)N(CCO)Cc1ccccc1. The highest BCUT2D eigenvalue weighted by molar-refractivity contribution is 9.10. The number of carbonyl (C=O) groups excluding carboxylic acids is 1. The Morgan fingerprint density at radius 3 is 2.45 bits per heavy atom. The number of halogens is 1. The van der Waals surface area contributed by atoms with Gasteiger partial charge in [0.25, 0.3) is 0 Å². The maximum atomic E-state index is 12.3. The summed E-state index contributed by atoms with van der Waals surface area (Å²) in [5.74, 6) is -0.117. The molecule has 2 aromatic rings. The zero-order valence-corrected chi connectivity index (χ0v) is 13.7. The molecule has 22 heavy (non-hydrogen) atoms. The van der Waals surface area contributed by atoms with Gasteiger partial charge in [-0.1, -0.05) is 64.5 Å². The van der Waals surface area contributed by atoms with Crippen molar-refractivity contribution in [3.05, 3.63) is 76.3 Å². The molecule has 0 heterocycles. The average Bonchev–Trinajstić information content (AvgIpc) is 2.54. The minimum absolute atomic E-state index is 0.0541. The summed E-state index contributed by atoms with van der Waals surface area (Å²) in [6.45, 7) is 0.746. The Labute approximate surface area is 139 Å². The molecule has 0 saturated heterocycles. The molecule has 2 aromatic carbocycles. The third kappa shape index (κ3) is 4.83. The maximum absolute atomic E-state index is 12.3. The summed E-state index contributed by atoms with van der Waals surface area (Å²) < 4.78 is 0.941. The molecular formula is C18H18BrNO2. The Morgan fingerprint density at radius 2 is 1.77 bits per heavy atom. The third-order valence-electron chi connectivity index (χ3n) is 3.21. The van der Waals surface area contributed by atoms with E-state index in [2.05, 4.69) is 15.9 Å². The number of carbonyl (C=O) groups is 1. The van der Waals surface area contributed by atoms with Gasteiger partial charge in [-0.05, 0) is 23.3 Å². The average molecular weight is 360 g/mol. The molecular weight excluding hydrogens is 342 g/mol. The number of aliphatic hydroxyl groups excluding tert-OH is 1. The van der Waals surface area contributed by atoms with Crippen LogP contribution in [0.5, 0.6) is 0 Å². The van der Waals surface area contributed by atoms with Gasteiger partial charge in [0.15, 0.2) is 0 Å². The van der Waals surface area contributed by atoms with E-state index < -0.39 is 0 Å². The molecule has 4 heteroatoms. The molecule has 0 aliphatic rings. The molecule has 1 N–H and O–H groups in total. The zero-order chi connectivity index (χ0) is 15.8. The van der Waals surface area contributed by atoms with Crippen LogP contribution in [0.25, 0.3) is 6.08 Å². The third-order valence-corrected chi connectivity index (χ3v) is 3.93. The summed E-state index contributed by atoms with van der Waals surface area (Å²) in [5.41, 5.74) is 1.98. The van der Waals surface area contributed by atoms with Crippen molar-refractivity contribution in [2.45, 2.75) is 6.54 Å². The first-order valence-corrected chi connectivity index (χ1v) is 7.86. The largest absolute Gasteiger partial charge is 0.395 e. The van der Waals surface area contributed by atoms with Gasteiger partial charge in [0.05, 0.1) is 6.61 Å². The Kier molecular flexibility index (Phi) is 6.37. The molecule has 0 aromatic heterocycles. The van der Waals surface area contributed by atoms with Crippen molar-refractivity contribution >= 4 is 27.9 Å². The fourth-order valence-corrected chi connectivity index (χ4v) is 2.49. The van der Waals surface area contributed by atoms with Crippen LogP contribution in [0.1, 0.15) is 11.1 Å². The van der Waals surface area contributed by atoms with Crippen molar-refractivity contribution in [1.82, 2.24) is 4.90 Å². The number of hydrogen-bond acceptors (Lipinski definition) is 2. The number of amides is 1. The summed E-state index contributed by atoms with van der Waals surface area (Å²) in [7, 11) is 0. The normalized spacial score (nSPS) is 10.8. The minimum atomic E-state index is -0.117. The fraction of sp³-hybridized carbons (Fsp3) is 0.167. The smallest absolute Gasteiger partial charge is 0.246 e. The summed E-state index contributed by atoms with van der Waals surface area (Å²) in [5, 5.41) is 9.17. The number of nitrogens with zero attached hydrogens (tertiary/aromatic N) is 1. The van der Waals surface area contributed by atoms with E-state index in [4.69, 9.17) is 5.11 Å². The first-order chi connectivity index (χ1) is 10.7. The van der Waals surface area contributed by atoms with E-state index in [1.165, 1.54) is 0 Å². The van der Waals surface area contributed by atoms with E-state index in [1.807, 2.05) is 54.6 Å². The number of hydrogen-bond donors (Lipinski definition) is 1. The van der Waals surface area contributed by atoms with E-state index in [0.29, 0.717) is 13.1 Å². The van der Waals surface area contributed by atoms with Crippen LogP contribution >= 0.6 is 15.9 Å². The first kappa shape index (κ1) is 16.5. The Bertz CT molecular complexity index is 641. The lowest BCUT2D eigenvalue weighted by Crippen LogP contribution is -2.31. The van der Waals surface area contributed by atoms with Crippen molar-refractivity contribution in [3.63, 3.8) is 0 Å². The van der Waals surface area contributed by atoms with Crippen molar-refractivity contribution in [2.24, 2.45) is 0 Å². The van der Waals surface area contributed by atoms with Crippen LogP contribution in [0, 0.1) is 0 Å². The molecule has 0 fully saturated rings. The van der Waals surface area contributed by atoms with E-state index in [9.17, 15) is 4.79 Å². The van der Waals surface area contributed by atoms with Gasteiger partial charge < -0.3 is 10.0 Å². The van der Waals surface area contributed by atoms with Gasteiger partial charge in [-0.3, -0.25) is 4.79 Å². The highest BCUT2D eigenvalue weighted by Crippen LogP contribution is 2.17. The standard InChI is InChI=1S/C18H18BrNO2/c19-17-9-5-4-8-16(17)10-11-18(22)20(12-13-21)14-15-6-2-1-3-7-15/h1-11,21H,12-14H2/b11-10+. The first-order valence-electron chi connectivity index (χ1n) is 7.07. The van der Waals surface area contributed by atoms with Crippen molar-refractivity contribution in [2.75, 3.05) is 13.2 Å². The van der Waals surface area contributed by atoms with Crippen LogP contribution in [-0.4, -0.2) is 29.1 Å². The van der Waals surface area contributed by atoms with E-state index in [1.54, 1.807) is 17.1 Å². The molecule has 0 saturated carbocycles. The quantitative estimate of drug-likeness (QED) is 0.802. The monoisotopic (exact) mass is 359 g/mol. The molecule has 0 aliphatic carbocycles.